The fourth-order valence-electron chi connectivity index (χ4n) is 1.37. The molecular weight excluding hydrogens is 188 g/mol. The first kappa shape index (κ1) is 12.1. The molecule has 0 aromatic carbocycles. The van der Waals surface area contributed by atoms with Crippen LogP contribution in [0.3, 0.4) is 0 Å². The van der Waals surface area contributed by atoms with Crippen molar-refractivity contribution in [3.63, 3.8) is 0 Å². The maximum atomic E-state index is 5.55. The fraction of sp³-hybridized carbons (Fsp3) is 0.583. The van der Waals surface area contributed by atoms with Crippen LogP contribution < -0.4 is 5.73 Å². The van der Waals surface area contributed by atoms with Gasteiger partial charge in [0.15, 0.2) is 0 Å². The molecule has 0 bridgehead atoms. The van der Waals surface area contributed by atoms with Gasteiger partial charge in [0.2, 0.25) is 0 Å². The van der Waals surface area contributed by atoms with E-state index in [0.29, 0.717) is 13.2 Å². The van der Waals surface area contributed by atoms with Crippen molar-refractivity contribution < 1.29 is 4.74 Å². The second-order valence-corrected chi connectivity index (χ2v) is 3.62. The van der Waals surface area contributed by atoms with Crippen LogP contribution in [0.15, 0.2) is 18.3 Å². The van der Waals surface area contributed by atoms with Crippen molar-refractivity contribution in [1.29, 1.82) is 0 Å². The van der Waals surface area contributed by atoms with Gasteiger partial charge in [0, 0.05) is 19.3 Å². The summed E-state index contributed by atoms with van der Waals surface area (Å²) in [5.41, 5.74) is 7.59. The highest BCUT2D eigenvalue weighted by Crippen LogP contribution is 2.04. The summed E-state index contributed by atoms with van der Waals surface area (Å²) >= 11 is 0. The van der Waals surface area contributed by atoms with E-state index >= 15 is 0 Å². The van der Waals surface area contributed by atoms with Crippen LogP contribution in [0, 0.1) is 0 Å². The molecule has 0 aliphatic heterocycles. The van der Waals surface area contributed by atoms with E-state index in [-0.39, 0.29) is 0 Å². The number of hydrogen-bond donors (Lipinski definition) is 1. The van der Waals surface area contributed by atoms with E-state index < -0.39 is 0 Å². The van der Waals surface area contributed by atoms with Crippen LogP contribution in [0.1, 0.15) is 37.4 Å². The molecule has 1 heterocycles. The Morgan fingerprint density at radius 3 is 3.00 bits per heavy atom. The molecule has 0 amide bonds. The lowest BCUT2D eigenvalue weighted by Gasteiger charge is -2.04. The molecule has 0 saturated heterocycles. The number of nitrogens with two attached hydrogens (primary N) is 1. The van der Waals surface area contributed by atoms with E-state index in [2.05, 4.69) is 11.9 Å². The molecule has 0 radical (unpaired) electrons. The summed E-state index contributed by atoms with van der Waals surface area (Å²) in [6.07, 6.45) is 5.40. The third-order valence-electron chi connectivity index (χ3n) is 2.25. The first-order valence-corrected chi connectivity index (χ1v) is 5.58. The standard InChI is InChI=1S/C12H20N2O/c1-2-3-4-7-15-10-11-5-6-14-12(8-11)9-13/h5-6,8H,2-4,7,9-10,13H2,1H3. The molecular formula is C12H20N2O. The van der Waals surface area contributed by atoms with Crippen LogP contribution in [0.2, 0.25) is 0 Å². The topological polar surface area (TPSA) is 48.1 Å². The molecule has 1 aromatic heterocycles. The van der Waals surface area contributed by atoms with E-state index in [9.17, 15) is 0 Å². The van der Waals surface area contributed by atoms with E-state index in [4.69, 9.17) is 10.5 Å². The quantitative estimate of drug-likeness (QED) is 0.699. The molecule has 0 spiro atoms. The van der Waals surface area contributed by atoms with Crippen LogP contribution in [-0.4, -0.2) is 11.6 Å². The van der Waals surface area contributed by atoms with Gasteiger partial charge in [-0.1, -0.05) is 19.8 Å². The molecule has 3 nitrogen and oxygen atoms in total. The third kappa shape index (κ3) is 4.91. The summed E-state index contributed by atoms with van der Waals surface area (Å²) in [4.78, 5) is 4.13. The predicted molar refractivity (Wildman–Crippen MR) is 61.3 cm³/mol. The smallest absolute Gasteiger partial charge is 0.0718 e. The molecule has 0 unspecified atom stereocenters. The first-order chi connectivity index (χ1) is 7.36. The summed E-state index contributed by atoms with van der Waals surface area (Å²) in [7, 11) is 0. The molecule has 1 aromatic rings. The molecule has 0 saturated carbocycles. The van der Waals surface area contributed by atoms with Crippen LogP contribution in [-0.2, 0) is 17.9 Å². The Morgan fingerprint density at radius 1 is 1.40 bits per heavy atom. The maximum Gasteiger partial charge on any atom is 0.0718 e. The average Bonchev–Trinajstić information content (AvgIpc) is 2.29. The van der Waals surface area contributed by atoms with Crippen molar-refractivity contribution in [2.75, 3.05) is 6.61 Å². The third-order valence-corrected chi connectivity index (χ3v) is 2.25. The second kappa shape index (κ2) is 7.37. The lowest BCUT2D eigenvalue weighted by Crippen LogP contribution is -2.01. The monoisotopic (exact) mass is 208 g/mol. The van der Waals surface area contributed by atoms with Crippen LogP contribution in [0.5, 0.6) is 0 Å². The van der Waals surface area contributed by atoms with Gasteiger partial charge < -0.3 is 10.5 Å². The number of pyridine rings is 1. The summed E-state index contributed by atoms with van der Waals surface area (Å²) in [5, 5.41) is 0. The predicted octanol–water partition coefficient (Wildman–Crippen LogP) is 2.25. The molecule has 0 atom stereocenters. The number of rotatable bonds is 7. The highest BCUT2D eigenvalue weighted by Gasteiger charge is 1.96. The van der Waals surface area contributed by atoms with Crippen molar-refractivity contribution in [3.8, 4) is 0 Å². The lowest BCUT2D eigenvalue weighted by atomic mass is 10.2. The molecule has 2 N–H and O–H groups in total. The van der Waals surface area contributed by atoms with E-state index in [0.717, 1.165) is 24.3 Å². The van der Waals surface area contributed by atoms with Crippen molar-refractivity contribution >= 4 is 0 Å². The Hall–Kier alpha value is -0.930. The number of unbranched alkanes of at least 4 members (excludes halogenated alkanes) is 2. The molecule has 0 fully saturated rings. The molecule has 0 aliphatic carbocycles. The van der Waals surface area contributed by atoms with Gasteiger partial charge in [-0.15, -0.1) is 0 Å². The van der Waals surface area contributed by atoms with Crippen LogP contribution in [0.4, 0.5) is 0 Å². The van der Waals surface area contributed by atoms with Crippen LogP contribution in [0.25, 0.3) is 0 Å². The Labute approximate surface area is 91.7 Å². The minimum atomic E-state index is 0.490. The van der Waals surface area contributed by atoms with Crippen molar-refractivity contribution in [3.05, 3.63) is 29.6 Å². The molecule has 1 rings (SSSR count). The molecule has 0 aliphatic rings. The first-order valence-electron chi connectivity index (χ1n) is 5.58. The minimum absolute atomic E-state index is 0.490. The summed E-state index contributed by atoms with van der Waals surface area (Å²) in [6, 6.07) is 3.97. The highest BCUT2D eigenvalue weighted by atomic mass is 16.5. The van der Waals surface area contributed by atoms with Gasteiger partial charge in [-0.2, -0.15) is 0 Å². The Balaban J connectivity index is 2.24. The zero-order valence-corrected chi connectivity index (χ0v) is 9.41. The fourth-order valence-corrected chi connectivity index (χ4v) is 1.37. The van der Waals surface area contributed by atoms with Gasteiger partial charge in [0.05, 0.1) is 12.3 Å². The van der Waals surface area contributed by atoms with E-state index in [1.807, 2.05) is 12.1 Å². The van der Waals surface area contributed by atoms with Crippen molar-refractivity contribution in [2.45, 2.75) is 39.3 Å². The zero-order chi connectivity index (χ0) is 10.9. The molecule has 84 valence electrons. The summed E-state index contributed by atoms with van der Waals surface area (Å²) in [6.45, 7) is 4.19. The number of hydrogen-bond acceptors (Lipinski definition) is 3. The van der Waals surface area contributed by atoms with Gasteiger partial charge in [-0.05, 0) is 24.1 Å². The van der Waals surface area contributed by atoms with Gasteiger partial charge in [0.25, 0.3) is 0 Å². The lowest BCUT2D eigenvalue weighted by molar-refractivity contribution is 0.117. The maximum absolute atomic E-state index is 5.55. The molecule has 15 heavy (non-hydrogen) atoms. The van der Waals surface area contributed by atoms with Gasteiger partial charge >= 0.3 is 0 Å². The van der Waals surface area contributed by atoms with Gasteiger partial charge in [-0.25, -0.2) is 0 Å². The van der Waals surface area contributed by atoms with Crippen LogP contribution >= 0.6 is 0 Å². The van der Waals surface area contributed by atoms with Crippen molar-refractivity contribution in [1.82, 2.24) is 4.98 Å². The van der Waals surface area contributed by atoms with E-state index in [1.165, 1.54) is 12.8 Å². The Kier molecular flexibility index (Phi) is 5.97. The number of ether oxygens (including phenoxy) is 1. The van der Waals surface area contributed by atoms with E-state index in [1.54, 1.807) is 6.20 Å². The zero-order valence-electron chi connectivity index (χ0n) is 9.41. The largest absolute Gasteiger partial charge is 0.377 e. The summed E-state index contributed by atoms with van der Waals surface area (Å²) in [5.74, 6) is 0. The average molecular weight is 208 g/mol. The Bertz CT molecular complexity index is 276. The van der Waals surface area contributed by atoms with Gasteiger partial charge in [-0.3, -0.25) is 4.98 Å². The van der Waals surface area contributed by atoms with Gasteiger partial charge in [0.1, 0.15) is 0 Å². The van der Waals surface area contributed by atoms with Crippen molar-refractivity contribution in [2.24, 2.45) is 5.73 Å². The normalized spacial score (nSPS) is 10.5. The number of aromatic nitrogens is 1. The second-order valence-electron chi connectivity index (χ2n) is 3.62. The minimum Gasteiger partial charge on any atom is -0.377 e. The molecule has 3 heteroatoms. The highest BCUT2D eigenvalue weighted by molar-refractivity contribution is 5.15. The summed E-state index contributed by atoms with van der Waals surface area (Å²) < 4.78 is 5.55. The number of nitrogens with zero attached hydrogens (tertiary/aromatic N) is 1. The Morgan fingerprint density at radius 2 is 2.27 bits per heavy atom. The SMILES string of the molecule is CCCCCOCc1ccnc(CN)c1.